The van der Waals surface area contributed by atoms with E-state index in [4.69, 9.17) is 9.47 Å². The molecule has 1 heterocycles. The van der Waals surface area contributed by atoms with Crippen LogP contribution in [0.25, 0.3) is 0 Å². The number of hydrogen-bond donors (Lipinski definition) is 0. The Hall–Kier alpha value is -1.35. The fraction of sp³-hybridized carbons (Fsp3) is 0.562. The summed E-state index contributed by atoms with van der Waals surface area (Å²) in [6.45, 7) is 3.07. The van der Waals surface area contributed by atoms with Crippen molar-refractivity contribution >= 4 is 5.97 Å². The van der Waals surface area contributed by atoms with Crippen molar-refractivity contribution in [2.75, 3.05) is 13.2 Å². The molecule has 0 amide bonds. The zero-order valence-electron chi connectivity index (χ0n) is 11.3. The molecule has 2 fully saturated rings. The van der Waals surface area contributed by atoms with Crippen LogP contribution in [0.1, 0.15) is 25.3 Å². The van der Waals surface area contributed by atoms with E-state index < -0.39 is 0 Å². The molecule has 102 valence electrons. The lowest BCUT2D eigenvalue weighted by Gasteiger charge is -2.23. The second-order valence-corrected chi connectivity index (χ2v) is 5.44. The fourth-order valence-corrected chi connectivity index (χ4v) is 3.47. The third-order valence-corrected chi connectivity index (χ3v) is 4.34. The Labute approximate surface area is 113 Å². The van der Waals surface area contributed by atoms with Crippen molar-refractivity contribution in [1.82, 2.24) is 0 Å². The molecule has 1 aliphatic heterocycles. The fourth-order valence-electron chi connectivity index (χ4n) is 3.47. The van der Waals surface area contributed by atoms with E-state index in [1.54, 1.807) is 0 Å². The van der Waals surface area contributed by atoms with E-state index in [1.807, 2.05) is 25.1 Å². The molecule has 3 rings (SSSR count). The van der Waals surface area contributed by atoms with Crippen molar-refractivity contribution in [3.8, 4) is 0 Å². The Balaban J connectivity index is 1.78. The molecule has 3 atom stereocenters. The first-order valence-corrected chi connectivity index (χ1v) is 7.12. The largest absolute Gasteiger partial charge is 0.466 e. The van der Waals surface area contributed by atoms with Crippen LogP contribution in [0, 0.1) is 11.8 Å². The van der Waals surface area contributed by atoms with Crippen LogP contribution in [-0.4, -0.2) is 24.8 Å². The SMILES string of the molecule is CCOC(=O)[C@@H]1[C@H]2CCCO[C@]21Cc1ccccc1. The van der Waals surface area contributed by atoms with E-state index in [2.05, 4.69) is 12.1 Å². The minimum atomic E-state index is -0.286. The van der Waals surface area contributed by atoms with Gasteiger partial charge in [0.1, 0.15) is 0 Å². The van der Waals surface area contributed by atoms with Gasteiger partial charge in [-0.1, -0.05) is 30.3 Å². The highest BCUT2D eigenvalue weighted by Gasteiger charge is 2.70. The lowest BCUT2D eigenvalue weighted by molar-refractivity contribution is -0.147. The van der Waals surface area contributed by atoms with Crippen molar-refractivity contribution in [3.05, 3.63) is 35.9 Å². The Morgan fingerprint density at radius 2 is 2.21 bits per heavy atom. The summed E-state index contributed by atoms with van der Waals surface area (Å²) < 4.78 is 11.2. The van der Waals surface area contributed by atoms with Crippen LogP contribution in [0.15, 0.2) is 30.3 Å². The quantitative estimate of drug-likeness (QED) is 0.781. The minimum absolute atomic E-state index is 0.0600. The van der Waals surface area contributed by atoms with Gasteiger partial charge in [-0.2, -0.15) is 0 Å². The van der Waals surface area contributed by atoms with Gasteiger partial charge in [0, 0.05) is 18.9 Å². The van der Waals surface area contributed by atoms with Crippen LogP contribution in [0.3, 0.4) is 0 Å². The molecule has 1 aliphatic carbocycles. The first-order valence-electron chi connectivity index (χ1n) is 7.12. The van der Waals surface area contributed by atoms with Crippen LogP contribution in [0.5, 0.6) is 0 Å². The van der Waals surface area contributed by atoms with E-state index in [1.165, 1.54) is 5.56 Å². The van der Waals surface area contributed by atoms with Gasteiger partial charge in [-0.3, -0.25) is 4.79 Å². The number of rotatable bonds is 4. The Kier molecular flexibility index (Phi) is 3.31. The number of hydrogen-bond acceptors (Lipinski definition) is 3. The molecule has 0 bridgehead atoms. The van der Waals surface area contributed by atoms with Gasteiger partial charge in [-0.25, -0.2) is 0 Å². The van der Waals surface area contributed by atoms with Gasteiger partial charge < -0.3 is 9.47 Å². The maximum Gasteiger partial charge on any atom is 0.312 e. The molecule has 3 heteroatoms. The first-order chi connectivity index (χ1) is 9.28. The van der Waals surface area contributed by atoms with Crippen molar-refractivity contribution in [1.29, 1.82) is 0 Å². The van der Waals surface area contributed by atoms with Crippen LogP contribution >= 0.6 is 0 Å². The van der Waals surface area contributed by atoms with Gasteiger partial charge in [0.2, 0.25) is 0 Å². The molecule has 0 spiro atoms. The first kappa shape index (κ1) is 12.7. The molecule has 1 aromatic carbocycles. The molecule has 0 aromatic heterocycles. The normalized spacial score (nSPS) is 32.5. The van der Waals surface area contributed by atoms with E-state index in [0.29, 0.717) is 12.5 Å². The number of fused-ring (bicyclic) bond motifs is 1. The second-order valence-electron chi connectivity index (χ2n) is 5.44. The van der Waals surface area contributed by atoms with Gasteiger partial charge in [-0.05, 0) is 25.3 Å². The summed E-state index contributed by atoms with van der Waals surface area (Å²) >= 11 is 0. The maximum absolute atomic E-state index is 12.1. The Morgan fingerprint density at radius 3 is 2.95 bits per heavy atom. The molecule has 1 saturated heterocycles. The number of benzene rings is 1. The molecule has 3 nitrogen and oxygen atoms in total. The molecule has 0 N–H and O–H groups in total. The maximum atomic E-state index is 12.1. The van der Waals surface area contributed by atoms with Gasteiger partial charge >= 0.3 is 5.97 Å². The van der Waals surface area contributed by atoms with Crippen molar-refractivity contribution in [2.24, 2.45) is 11.8 Å². The molecule has 0 unspecified atom stereocenters. The summed E-state index contributed by atoms with van der Waals surface area (Å²) in [6, 6.07) is 10.3. The summed E-state index contributed by atoms with van der Waals surface area (Å²) in [5.74, 6) is 0.209. The van der Waals surface area contributed by atoms with Gasteiger partial charge in [0.25, 0.3) is 0 Å². The molecular weight excluding hydrogens is 240 g/mol. The summed E-state index contributed by atoms with van der Waals surface area (Å²) in [7, 11) is 0. The van der Waals surface area contributed by atoms with Crippen LogP contribution < -0.4 is 0 Å². The van der Waals surface area contributed by atoms with Gasteiger partial charge in [0.15, 0.2) is 0 Å². The van der Waals surface area contributed by atoms with Crippen LogP contribution in [0.4, 0.5) is 0 Å². The third kappa shape index (κ3) is 2.16. The predicted molar refractivity (Wildman–Crippen MR) is 71.7 cm³/mol. The molecule has 1 aromatic rings. The average Bonchev–Trinajstić information content (AvgIpc) is 3.08. The second kappa shape index (κ2) is 4.97. The zero-order chi connectivity index (χ0) is 13.3. The van der Waals surface area contributed by atoms with Crippen molar-refractivity contribution in [3.63, 3.8) is 0 Å². The third-order valence-electron chi connectivity index (χ3n) is 4.34. The Morgan fingerprint density at radius 1 is 1.42 bits per heavy atom. The van der Waals surface area contributed by atoms with E-state index in [-0.39, 0.29) is 17.5 Å². The van der Waals surface area contributed by atoms with E-state index >= 15 is 0 Å². The predicted octanol–water partition coefficient (Wildman–Crippen LogP) is 2.59. The van der Waals surface area contributed by atoms with E-state index in [9.17, 15) is 4.79 Å². The summed E-state index contributed by atoms with van der Waals surface area (Å²) in [5, 5.41) is 0. The Bertz CT molecular complexity index is 456. The van der Waals surface area contributed by atoms with Gasteiger partial charge in [-0.15, -0.1) is 0 Å². The molecule has 2 aliphatic rings. The monoisotopic (exact) mass is 260 g/mol. The van der Waals surface area contributed by atoms with Crippen LogP contribution in [0.2, 0.25) is 0 Å². The number of carbonyl (C=O) groups is 1. The standard InChI is InChI=1S/C16H20O3/c1-2-18-15(17)14-13-9-6-10-19-16(13,14)11-12-7-4-3-5-8-12/h3-5,7-8,13-14H,2,6,9-11H2,1H3/t13-,14+,16-/m1/s1. The highest BCUT2D eigenvalue weighted by molar-refractivity contribution is 5.79. The highest BCUT2D eigenvalue weighted by atomic mass is 16.5. The number of esters is 1. The summed E-state index contributed by atoms with van der Waals surface area (Å²) in [5.41, 5.74) is 0.951. The van der Waals surface area contributed by atoms with Crippen molar-refractivity contribution < 1.29 is 14.3 Å². The summed E-state index contributed by atoms with van der Waals surface area (Å²) in [4.78, 5) is 12.1. The van der Waals surface area contributed by atoms with Crippen molar-refractivity contribution in [2.45, 2.75) is 31.8 Å². The minimum Gasteiger partial charge on any atom is -0.466 e. The zero-order valence-corrected chi connectivity index (χ0v) is 11.3. The molecular formula is C16H20O3. The van der Waals surface area contributed by atoms with Gasteiger partial charge in [0.05, 0.1) is 18.1 Å². The lowest BCUT2D eigenvalue weighted by Crippen LogP contribution is -2.28. The molecule has 0 radical (unpaired) electrons. The number of carbonyl (C=O) groups excluding carboxylic acids is 1. The number of ether oxygens (including phenoxy) is 2. The summed E-state index contributed by atoms with van der Waals surface area (Å²) in [6.07, 6.45) is 2.95. The topological polar surface area (TPSA) is 35.5 Å². The molecule has 19 heavy (non-hydrogen) atoms. The highest BCUT2D eigenvalue weighted by Crippen LogP contribution is 2.60. The lowest BCUT2D eigenvalue weighted by atomic mass is 10.0. The van der Waals surface area contributed by atoms with E-state index in [0.717, 1.165) is 25.9 Å². The average molecular weight is 260 g/mol. The smallest absolute Gasteiger partial charge is 0.312 e. The van der Waals surface area contributed by atoms with Crippen LogP contribution in [-0.2, 0) is 20.7 Å². The molecule has 1 saturated carbocycles.